The number of nitrogens with zero attached hydrogens (tertiary/aromatic N) is 2. The third kappa shape index (κ3) is 4.93. The molecule has 5 nitrogen and oxygen atoms in total. The van der Waals surface area contributed by atoms with E-state index in [1.165, 1.54) is 0 Å². The Morgan fingerprint density at radius 2 is 1.91 bits per heavy atom. The minimum Gasteiger partial charge on any atom is -0.363 e. The first kappa shape index (κ1) is 16.1. The van der Waals surface area contributed by atoms with E-state index in [0.29, 0.717) is 17.4 Å². The van der Waals surface area contributed by atoms with Gasteiger partial charge < -0.3 is 10.2 Å². The molecule has 1 aromatic carbocycles. The minimum atomic E-state index is -0.266. The van der Waals surface area contributed by atoms with E-state index in [1.807, 2.05) is 55.4 Å². The van der Waals surface area contributed by atoms with E-state index in [0.717, 1.165) is 17.8 Å². The van der Waals surface area contributed by atoms with Crippen molar-refractivity contribution in [1.82, 2.24) is 10.3 Å². The van der Waals surface area contributed by atoms with Gasteiger partial charge in [0.2, 0.25) is 0 Å². The van der Waals surface area contributed by atoms with Crippen molar-refractivity contribution in [2.45, 2.75) is 6.42 Å². The number of rotatable bonds is 5. The number of hydrogen-bond acceptors (Lipinski definition) is 3. The Bertz CT molecular complexity index is 628. The highest BCUT2D eigenvalue weighted by Crippen LogP contribution is 2.11. The fraction of sp³-hybridized carbons (Fsp3) is 0.250. The van der Waals surface area contributed by atoms with Gasteiger partial charge in [-0.2, -0.15) is 0 Å². The Labute approximate surface area is 135 Å². The van der Waals surface area contributed by atoms with Crippen molar-refractivity contribution in [1.29, 1.82) is 0 Å². The molecule has 0 saturated carbocycles. The quantitative estimate of drug-likeness (QED) is 0.890. The van der Waals surface area contributed by atoms with E-state index in [1.54, 1.807) is 6.07 Å². The van der Waals surface area contributed by atoms with Gasteiger partial charge in [0, 0.05) is 25.7 Å². The summed E-state index contributed by atoms with van der Waals surface area (Å²) in [5.41, 5.74) is 1.12. The van der Waals surface area contributed by atoms with Crippen molar-refractivity contribution >= 4 is 29.3 Å². The zero-order valence-corrected chi connectivity index (χ0v) is 13.4. The summed E-state index contributed by atoms with van der Waals surface area (Å²) < 4.78 is 0. The fourth-order valence-electron chi connectivity index (χ4n) is 1.87. The maximum atomic E-state index is 11.8. The maximum Gasteiger partial charge on any atom is 0.320 e. The molecule has 116 valence electrons. The lowest BCUT2D eigenvalue weighted by molar-refractivity contribution is 0.252. The van der Waals surface area contributed by atoms with Crippen LogP contribution in [0.2, 0.25) is 5.02 Å². The van der Waals surface area contributed by atoms with Gasteiger partial charge in [0.1, 0.15) is 11.6 Å². The first-order valence-electron chi connectivity index (χ1n) is 6.98. The van der Waals surface area contributed by atoms with Crippen molar-refractivity contribution in [3.63, 3.8) is 0 Å². The molecule has 0 atom stereocenters. The molecule has 2 rings (SSSR count). The summed E-state index contributed by atoms with van der Waals surface area (Å²) >= 11 is 5.83. The molecule has 0 bridgehead atoms. The van der Waals surface area contributed by atoms with Crippen molar-refractivity contribution in [2.24, 2.45) is 0 Å². The lowest BCUT2D eigenvalue weighted by atomic mass is 10.1. The average molecular weight is 319 g/mol. The molecule has 0 aliphatic rings. The number of pyridine rings is 1. The molecular weight excluding hydrogens is 300 g/mol. The van der Waals surface area contributed by atoms with Gasteiger partial charge in [0.05, 0.1) is 0 Å². The number of nitrogens with one attached hydrogen (secondary N) is 2. The number of hydrogen-bond donors (Lipinski definition) is 2. The predicted octanol–water partition coefficient (Wildman–Crippen LogP) is 3.17. The summed E-state index contributed by atoms with van der Waals surface area (Å²) in [6.07, 6.45) is 0.746. The summed E-state index contributed by atoms with van der Waals surface area (Å²) in [6, 6.07) is 12.8. The third-order valence-corrected chi connectivity index (χ3v) is 3.30. The molecule has 0 spiro atoms. The number of benzene rings is 1. The molecule has 2 aromatic rings. The molecule has 0 saturated heterocycles. The molecule has 0 fully saturated rings. The van der Waals surface area contributed by atoms with Crippen LogP contribution >= 0.6 is 11.6 Å². The maximum absolute atomic E-state index is 11.8. The number of anilines is 2. The summed E-state index contributed by atoms with van der Waals surface area (Å²) in [5, 5.41) is 6.24. The van der Waals surface area contributed by atoms with Crippen LogP contribution in [-0.2, 0) is 6.42 Å². The standard InChI is InChI=1S/C16H19ClN4O/c1-21(2)15-5-3-4-14(19-15)20-16(22)18-11-10-12-6-8-13(17)9-7-12/h3-9H,10-11H2,1-2H3,(H2,18,19,20,22). The van der Waals surface area contributed by atoms with Crippen LogP contribution in [0.3, 0.4) is 0 Å². The van der Waals surface area contributed by atoms with Crippen molar-refractivity contribution in [2.75, 3.05) is 30.9 Å². The number of urea groups is 1. The first-order valence-corrected chi connectivity index (χ1v) is 7.36. The second kappa shape index (κ2) is 7.66. The molecular formula is C16H19ClN4O. The summed E-state index contributed by atoms with van der Waals surface area (Å²) in [7, 11) is 3.80. The monoisotopic (exact) mass is 318 g/mol. The van der Waals surface area contributed by atoms with Gasteiger partial charge in [0.25, 0.3) is 0 Å². The molecule has 2 amide bonds. The third-order valence-electron chi connectivity index (χ3n) is 3.05. The van der Waals surface area contributed by atoms with E-state index in [2.05, 4.69) is 15.6 Å². The zero-order chi connectivity index (χ0) is 15.9. The molecule has 2 N–H and O–H groups in total. The molecule has 0 aliphatic heterocycles. The Morgan fingerprint density at radius 1 is 1.18 bits per heavy atom. The van der Waals surface area contributed by atoms with E-state index in [-0.39, 0.29) is 6.03 Å². The van der Waals surface area contributed by atoms with Crippen LogP contribution in [0.5, 0.6) is 0 Å². The van der Waals surface area contributed by atoms with Crippen LogP contribution in [0.4, 0.5) is 16.4 Å². The van der Waals surface area contributed by atoms with Crippen LogP contribution in [0.25, 0.3) is 0 Å². The number of halogens is 1. The molecule has 22 heavy (non-hydrogen) atoms. The Morgan fingerprint density at radius 3 is 2.59 bits per heavy atom. The lowest BCUT2D eigenvalue weighted by Gasteiger charge is -2.13. The summed E-state index contributed by atoms with van der Waals surface area (Å²) in [4.78, 5) is 18.0. The predicted molar refractivity (Wildman–Crippen MR) is 90.7 cm³/mol. The van der Waals surface area contributed by atoms with Crippen LogP contribution in [0.1, 0.15) is 5.56 Å². The highest BCUT2D eigenvalue weighted by atomic mass is 35.5. The van der Waals surface area contributed by atoms with Crippen LogP contribution in [-0.4, -0.2) is 31.7 Å². The van der Waals surface area contributed by atoms with Crippen molar-refractivity contribution < 1.29 is 4.79 Å². The second-order valence-electron chi connectivity index (χ2n) is 5.03. The number of carbonyl (C=O) groups is 1. The minimum absolute atomic E-state index is 0.266. The molecule has 0 unspecified atom stereocenters. The van der Waals surface area contributed by atoms with Crippen LogP contribution in [0.15, 0.2) is 42.5 Å². The average Bonchev–Trinajstić information content (AvgIpc) is 2.49. The van der Waals surface area contributed by atoms with E-state index in [9.17, 15) is 4.79 Å². The molecule has 1 heterocycles. The van der Waals surface area contributed by atoms with Gasteiger partial charge in [-0.15, -0.1) is 0 Å². The lowest BCUT2D eigenvalue weighted by Crippen LogP contribution is -2.30. The Kier molecular flexibility index (Phi) is 5.61. The Balaban J connectivity index is 1.80. The van der Waals surface area contributed by atoms with Crippen molar-refractivity contribution in [3.8, 4) is 0 Å². The Hall–Kier alpha value is -2.27. The summed E-state index contributed by atoms with van der Waals surface area (Å²) in [5.74, 6) is 1.31. The molecule has 0 aliphatic carbocycles. The summed E-state index contributed by atoms with van der Waals surface area (Å²) in [6.45, 7) is 0.542. The fourth-order valence-corrected chi connectivity index (χ4v) is 2.00. The van der Waals surface area contributed by atoms with Gasteiger partial charge in [-0.05, 0) is 36.2 Å². The molecule has 0 radical (unpaired) electrons. The number of amides is 2. The van der Waals surface area contributed by atoms with Gasteiger partial charge in [0.15, 0.2) is 0 Å². The van der Waals surface area contributed by atoms with Gasteiger partial charge >= 0.3 is 6.03 Å². The van der Waals surface area contributed by atoms with Crippen molar-refractivity contribution in [3.05, 3.63) is 53.1 Å². The smallest absolute Gasteiger partial charge is 0.320 e. The SMILES string of the molecule is CN(C)c1cccc(NC(=O)NCCc2ccc(Cl)cc2)n1. The van der Waals surface area contributed by atoms with Gasteiger partial charge in [-0.25, -0.2) is 9.78 Å². The van der Waals surface area contributed by atoms with E-state index in [4.69, 9.17) is 11.6 Å². The molecule has 1 aromatic heterocycles. The molecule has 6 heteroatoms. The van der Waals surface area contributed by atoms with E-state index >= 15 is 0 Å². The van der Waals surface area contributed by atoms with Crippen LogP contribution in [0, 0.1) is 0 Å². The topological polar surface area (TPSA) is 57.3 Å². The highest BCUT2D eigenvalue weighted by Gasteiger charge is 2.04. The first-order chi connectivity index (χ1) is 10.5. The van der Waals surface area contributed by atoms with Gasteiger partial charge in [-0.3, -0.25) is 5.32 Å². The zero-order valence-electron chi connectivity index (χ0n) is 12.6. The normalized spacial score (nSPS) is 10.1. The number of carbonyl (C=O) groups excluding carboxylic acids is 1. The highest BCUT2D eigenvalue weighted by molar-refractivity contribution is 6.30. The van der Waals surface area contributed by atoms with E-state index < -0.39 is 0 Å². The largest absolute Gasteiger partial charge is 0.363 e. The second-order valence-corrected chi connectivity index (χ2v) is 5.47. The number of aromatic nitrogens is 1. The van der Waals surface area contributed by atoms with Crippen LogP contribution < -0.4 is 15.5 Å². The van der Waals surface area contributed by atoms with Gasteiger partial charge in [-0.1, -0.05) is 29.8 Å².